The molecule has 16 heavy (non-hydrogen) atoms. The molecule has 1 N–H and O–H groups in total. The largest absolute Gasteiger partial charge is 0.317 e. The molecule has 1 aliphatic heterocycles. The number of nitrogens with one attached hydrogen (secondary N) is 1. The Balaban J connectivity index is 1.90. The van der Waals surface area contributed by atoms with Crippen molar-refractivity contribution in [2.24, 2.45) is 5.92 Å². The molecule has 0 atom stereocenters. The molecule has 1 aromatic heterocycles. The third kappa shape index (κ3) is 2.70. The predicted molar refractivity (Wildman–Crippen MR) is 62.2 cm³/mol. The summed E-state index contributed by atoms with van der Waals surface area (Å²) in [5.74, 6) is 0.628. The summed E-state index contributed by atoms with van der Waals surface area (Å²) < 4.78 is 1.87. The normalized spacial score (nSPS) is 17.6. The summed E-state index contributed by atoms with van der Waals surface area (Å²) in [7, 11) is 0. The van der Waals surface area contributed by atoms with E-state index in [0.29, 0.717) is 12.2 Å². The molecule has 0 unspecified atom stereocenters. The molecule has 0 bridgehead atoms. The lowest BCUT2D eigenvalue weighted by molar-refractivity contribution is -0.122. The highest BCUT2D eigenvalue weighted by Crippen LogP contribution is 2.15. The number of piperidine rings is 1. The van der Waals surface area contributed by atoms with E-state index in [2.05, 4.69) is 10.4 Å². The fraction of sp³-hybridized carbons (Fsp3) is 0.667. The van der Waals surface area contributed by atoms with Crippen LogP contribution in [-0.4, -0.2) is 28.7 Å². The average molecular weight is 221 g/mol. The van der Waals surface area contributed by atoms with Crippen LogP contribution in [0.2, 0.25) is 0 Å². The first-order valence-electron chi connectivity index (χ1n) is 6.04. The van der Waals surface area contributed by atoms with Crippen molar-refractivity contribution in [3.8, 4) is 0 Å². The highest BCUT2D eigenvalue weighted by atomic mass is 16.1. The Labute approximate surface area is 96.0 Å². The van der Waals surface area contributed by atoms with Crippen LogP contribution in [0.1, 0.15) is 25.3 Å². The maximum Gasteiger partial charge on any atom is 0.140 e. The molecule has 2 heterocycles. The number of aromatic nitrogens is 2. The number of nitrogens with zero attached hydrogens (tertiary/aromatic N) is 2. The van der Waals surface area contributed by atoms with Crippen molar-refractivity contribution in [2.75, 3.05) is 13.1 Å². The maximum atomic E-state index is 12.0. The Bertz CT molecular complexity index is 353. The summed E-state index contributed by atoms with van der Waals surface area (Å²) in [5.41, 5.74) is 1.05. The number of carbonyl (C=O) groups excluding carboxylic acids is 1. The molecule has 1 aromatic rings. The van der Waals surface area contributed by atoms with Crippen LogP contribution in [0.15, 0.2) is 12.4 Å². The molecule has 0 aromatic carbocycles. The van der Waals surface area contributed by atoms with Gasteiger partial charge in [-0.15, -0.1) is 0 Å². The zero-order valence-corrected chi connectivity index (χ0v) is 9.78. The van der Waals surface area contributed by atoms with Gasteiger partial charge in [-0.25, -0.2) is 0 Å². The van der Waals surface area contributed by atoms with Crippen molar-refractivity contribution >= 4 is 5.78 Å². The van der Waals surface area contributed by atoms with Gasteiger partial charge in [-0.3, -0.25) is 9.48 Å². The van der Waals surface area contributed by atoms with Gasteiger partial charge < -0.3 is 5.32 Å². The second-order valence-electron chi connectivity index (χ2n) is 4.37. The molecule has 4 nitrogen and oxygen atoms in total. The third-order valence-corrected chi connectivity index (χ3v) is 3.18. The van der Waals surface area contributed by atoms with Crippen LogP contribution >= 0.6 is 0 Å². The molecule has 1 fully saturated rings. The van der Waals surface area contributed by atoms with Crippen molar-refractivity contribution in [3.63, 3.8) is 0 Å². The minimum absolute atomic E-state index is 0.256. The lowest BCUT2D eigenvalue weighted by atomic mass is 9.91. The van der Waals surface area contributed by atoms with Gasteiger partial charge in [0.2, 0.25) is 0 Å². The second-order valence-corrected chi connectivity index (χ2v) is 4.37. The standard InChI is InChI=1S/C12H19N3O/c1-2-15-9-10(8-14-15)7-12(16)11-3-5-13-6-4-11/h8-9,11,13H,2-7H2,1H3. The monoisotopic (exact) mass is 221 g/mol. The minimum atomic E-state index is 0.256. The Morgan fingerprint density at radius 1 is 1.56 bits per heavy atom. The highest BCUT2D eigenvalue weighted by Gasteiger charge is 2.21. The maximum absolute atomic E-state index is 12.0. The van der Waals surface area contributed by atoms with Crippen molar-refractivity contribution < 1.29 is 4.79 Å². The zero-order chi connectivity index (χ0) is 11.4. The fourth-order valence-electron chi connectivity index (χ4n) is 2.16. The van der Waals surface area contributed by atoms with E-state index < -0.39 is 0 Å². The number of carbonyl (C=O) groups is 1. The first-order chi connectivity index (χ1) is 7.79. The molecule has 0 saturated carbocycles. The molecule has 0 spiro atoms. The summed E-state index contributed by atoms with van der Waals surface area (Å²) >= 11 is 0. The fourth-order valence-corrected chi connectivity index (χ4v) is 2.16. The number of aryl methyl sites for hydroxylation is 1. The van der Waals surface area contributed by atoms with Gasteiger partial charge in [-0.05, 0) is 38.4 Å². The smallest absolute Gasteiger partial charge is 0.140 e. The number of hydrogen-bond acceptors (Lipinski definition) is 3. The number of Topliss-reactive ketones (excluding diaryl/α,β-unsaturated/α-hetero) is 1. The Hall–Kier alpha value is -1.16. The van der Waals surface area contributed by atoms with Gasteiger partial charge in [0, 0.05) is 25.1 Å². The van der Waals surface area contributed by atoms with E-state index in [-0.39, 0.29) is 5.92 Å². The molecule has 1 aliphatic rings. The Morgan fingerprint density at radius 3 is 2.94 bits per heavy atom. The first-order valence-corrected chi connectivity index (χ1v) is 6.04. The van der Waals surface area contributed by atoms with Crippen molar-refractivity contribution in [3.05, 3.63) is 18.0 Å². The second kappa shape index (κ2) is 5.25. The van der Waals surface area contributed by atoms with Gasteiger partial charge in [0.25, 0.3) is 0 Å². The van der Waals surface area contributed by atoms with Crippen LogP contribution in [0.3, 0.4) is 0 Å². The van der Waals surface area contributed by atoms with Gasteiger partial charge in [-0.2, -0.15) is 5.10 Å². The summed E-state index contributed by atoms with van der Waals surface area (Å²) in [4.78, 5) is 12.0. The Morgan fingerprint density at radius 2 is 2.31 bits per heavy atom. The summed E-state index contributed by atoms with van der Waals surface area (Å²) in [5, 5.41) is 7.46. The molecule has 88 valence electrons. The molecule has 4 heteroatoms. The summed E-state index contributed by atoms with van der Waals surface area (Å²) in [6.45, 7) is 4.86. The number of rotatable bonds is 4. The van der Waals surface area contributed by atoms with Crippen LogP contribution in [0.4, 0.5) is 0 Å². The van der Waals surface area contributed by atoms with E-state index in [1.165, 1.54) is 0 Å². The molecular weight excluding hydrogens is 202 g/mol. The van der Waals surface area contributed by atoms with Gasteiger partial charge in [-0.1, -0.05) is 0 Å². The van der Waals surface area contributed by atoms with Crippen LogP contribution in [-0.2, 0) is 17.8 Å². The summed E-state index contributed by atoms with van der Waals surface area (Å²) in [6, 6.07) is 0. The number of ketones is 1. The molecule has 0 amide bonds. The summed E-state index contributed by atoms with van der Waals surface area (Å²) in [6.07, 6.45) is 6.30. The molecular formula is C12H19N3O. The molecule has 0 aliphatic carbocycles. The van der Waals surface area contributed by atoms with E-state index in [4.69, 9.17) is 0 Å². The van der Waals surface area contributed by atoms with E-state index >= 15 is 0 Å². The van der Waals surface area contributed by atoms with E-state index in [1.54, 1.807) is 0 Å². The van der Waals surface area contributed by atoms with E-state index in [1.807, 2.05) is 24.0 Å². The van der Waals surface area contributed by atoms with Gasteiger partial charge >= 0.3 is 0 Å². The van der Waals surface area contributed by atoms with E-state index in [0.717, 1.165) is 38.0 Å². The average Bonchev–Trinajstić information content (AvgIpc) is 2.78. The van der Waals surface area contributed by atoms with Crippen LogP contribution in [0, 0.1) is 5.92 Å². The highest BCUT2D eigenvalue weighted by molar-refractivity contribution is 5.83. The lowest BCUT2D eigenvalue weighted by Gasteiger charge is -2.20. The molecule has 1 saturated heterocycles. The number of hydrogen-bond donors (Lipinski definition) is 1. The zero-order valence-electron chi connectivity index (χ0n) is 9.78. The van der Waals surface area contributed by atoms with Crippen molar-refractivity contribution in [2.45, 2.75) is 32.7 Å². The third-order valence-electron chi connectivity index (χ3n) is 3.18. The lowest BCUT2D eigenvalue weighted by Crippen LogP contribution is -2.32. The molecule has 2 rings (SSSR count). The van der Waals surface area contributed by atoms with Crippen molar-refractivity contribution in [1.29, 1.82) is 0 Å². The van der Waals surface area contributed by atoms with E-state index in [9.17, 15) is 4.79 Å². The SMILES string of the molecule is CCn1cc(CC(=O)C2CCNCC2)cn1. The minimum Gasteiger partial charge on any atom is -0.317 e. The van der Waals surface area contributed by atoms with Crippen LogP contribution in [0.5, 0.6) is 0 Å². The van der Waals surface area contributed by atoms with Crippen LogP contribution < -0.4 is 5.32 Å². The van der Waals surface area contributed by atoms with Crippen molar-refractivity contribution in [1.82, 2.24) is 15.1 Å². The quantitative estimate of drug-likeness (QED) is 0.825. The Kier molecular flexibility index (Phi) is 3.72. The van der Waals surface area contributed by atoms with Gasteiger partial charge in [0.15, 0.2) is 0 Å². The predicted octanol–water partition coefficient (Wildman–Crippen LogP) is 1.01. The van der Waals surface area contributed by atoms with Crippen LogP contribution in [0.25, 0.3) is 0 Å². The topological polar surface area (TPSA) is 46.9 Å². The van der Waals surface area contributed by atoms with Gasteiger partial charge in [0.1, 0.15) is 5.78 Å². The first kappa shape index (κ1) is 11.3. The molecule has 0 radical (unpaired) electrons. The van der Waals surface area contributed by atoms with Gasteiger partial charge in [0.05, 0.1) is 6.20 Å².